The van der Waals surface area contributed by atoms with Crippen LogP contribution in [-0.2, 0) is 32.6 Å². The van der Waals surface area contributed by atoms with Crippen LogP contribution in [0.15, 0.2) is 102 Å². The SMILES string of the molecule is CNC(=O)C(Cc1ccccc1)N(Cc1cccc(Cl)c1)C(=O)CN(c1cc(C)cc(C)c1)S(=O)(=O)c1ccc(C)cc1. The Morgan fingerprint density at radius 1 is 0.791 bits per heavy atom. The van der Waals surface area contributed by atoms with Crippen molar-refractivity contribution >= 4 is 39.1 Å². The number of hydrogen-bond donors (Lipinski definition) is 1. The van der Waals surface area contributed by atoms with E-state index in [1.165, 1.54) is 24.1 Å². The Hall–Kier alpha value is -4.14. The quantitative estimate of drug-likeness (QED) is 0.229. The maximum absolute atomic E-state index is 14.4. The lowest BCUT2D eigenvalue weighted by Crippen LogP contribution is -2.53. The summed E-state index contributed by atoms with van der Waals surface area (Å²) in [5.41, 5.74) is 4.56. The molecule has 7 nitrogen and oxygen atoms in total. The number of carbonyl (C=O) groups excluding carboxylic acids is 2. The first kappa shape index (κ1) is 31.8. The number of carbonyl (C=O) groups is 2. The van der Waals surface area contributed by atoms with Gasteiger partial charge in [0.1, 0.15) is 12.6 Å². The number of amides is 2. The zero-order valence-corrected chi connectivity index (χ0v) is 26.3. The molecule has 0 fully saturated rings. The van der Waals surface area contributed by atoms with E-state index < -0.39 is 28.5 Å². The van der Waals surface area contributed by atoms with Crippen molar-refractivity contribution in [3.63, 3.8) is 0 Å². The lowest BCUT2D eigenvalue weighted by molar-refractivity contribution is -0.139. The number of nitrogens with zero attached hydrogens (tertiary/aromatic N) is 2. The molecule has 0 spiro atoms. The Balaban J connectivity index is 1.81. The highest BCUT2D eigenvalue weighted by Gasteiger charge is 2.34. The molecular weight excluding hydrogens is 582 g/mol. The van der Waals surface area contributed by atoms with Crippen LogP contribution in [0, 0.1) is 20.8 Å². The average Bonchev–Trinajstić information content (AvgIpc) is 2.97. The Labute approximate surface area is 259 Å². The van der Waals surface area contributed by atoms with Crippen molar-refractivity contribution in [2.45, 2.75) is 44.7 Å². The summed E-state index contributed by atoms with van der Waals surface area (Å²) in [4.78, 5) is 29.2. The van der Waals surface area contributed by atoms with Crippen LogP contribution in [-0.4, -0.2) is 44.8 Å². The summed E-state index contributed by atoms with van der Waals surface area (Å²) in [6.45, 7) is 5.17. The number of nitrogens with one attached hydrogen (secondary N) is 1. The molecule has 1 unspecified atom stereocenters. The van der Waals surface area contributed by atoms with E-state index in [0.717, 1.165) is 26.6 Å². The lowest BCUT2D eigenvalue weighted by Gasteiger charge is -2.33. The van der Waals surface area contributed by atoms with Crippen LogP contribution >= 0.6 is 11.6 Å². The number of sulfonamides is 1. The van der Waals surface area contributed by atoms with E-state index >= 15 is 0 Å². The zero-order valence-electron chi connectivity index (χ0n) is 24.7. The van der Waals surface area contributed by atoms with Gasteiger partial charge in [0.2, 0.25) is 11.8 Å². The molecule has 0 saturated heterocycles. The molecule has 0 aliphatic heterocycles. The van der Waals surface area contributed by atoms with Crippen molar-refractivity contribution in [3.05, 3.63) is 130 Å². The first-order valence-corrected chi connectivity index (χ1v) is 15.8. The molecule has 0 saturated carbocycles. The molecule has 1 N–H and O–H groups in total. The number of halogens is 1. The van der Waals surface area contributed by atoms with Crippen molar-refractivity contribution in [2.24, 2.45) is 0 Å². The maximum atomic E-state index is 14.4. The largest absolute Gasteiger partial charge is 0.357 e. The fourth-order valence-corrected chi connectivity index (χ4v) is 6.62. The van der Waals surface area contributed by atoms with Gasteiger partial charge in [0.05, 0.1) is 10.6 Å². The minimum Gasteiger partial charge on any atom is -0.357 e. The van der Waals surface area contributed by atoms with E-state index in [4.69, 9.17) is 11.6 Å². The summed E-state index contributed by atoms with van der Waals surface area (Å²) in [7, 11) is -2.64. The Morgan fingerprint density at radius 3 is 2.02 bits per heavy atom. The first-order valence-electron chi connectivity index (χ1n) is 13.9. The van der Waals surface area contributed by atoms with Crippen molar-refractivity contribution in [1.82, 2.24) is 10.2 Å². The molecule has 43 heavy (non-hydrogen) atoms. The standard InChI is InChI=1S/C34H36ClN3O4S/c1-24-13-15-31(16-14-24)43(41,42)38(30-18-25(2)17-26(3)19-30)23-33(39)37(22-28-11-8-12-29(35)20-28)32(34(40)36-4)21-27-9-6-5-7-10-27/h5-20,32H,21-23H2,1-4H3,(H,36,40). The molecule has 0 radical (unpaired) electrons. The van der Waals surface area contributed by atoms with Gasteiger partial charge in [-0.2, -0.15) is 0 Å². The average molecular weight is 618 g/mol. The molecule has 224 valence electrons. The van der Waals surface area contributed by atoms with E-state index in [9.17, 15) is 18.0 Å². The van der Waals surface area contributed by atoms with Gasteiger partial charge < -0.3 is 10.2 Å². The Kier molecular flexibility index (Phi) is 10.3. The topological polar surface area (TPSA) is 86.8 Å². The second kappa shape index (κ2) is 13.9. The molecular formula is C34H36ClN3O4S. The molecule has 0 heterocycles. The lowest BCUT2D eigenvalue weighted by atomic mass is 10.0. The van der Waals surface area contributed by atoms with Gasteiger partial charge in [-0.1, -0.05) is 77.8 Å². The third-order valence-corrected chi connectivity index (χ3v) is 9.16. The summed E-state index contributed by atoms with van der Waals surface area (Å²) in [6.07, 6.45) is 0.237. The number of hydrogen-bond acceptors (Lipinski definition) is 4. The molecule has 1 atom stereocenters. The third kappa shape index (κ3) is 8.03. The maximum Gasteiger partial charge on any atom is 0.264 e. The van der Waals surface area contributed by atoms with E-state index in [2.05, 4.69) is 5.32 Å². The second-order valence-electron chi connectivity index (χ2n) is 10.6. The highest BCUT2D eigenvalue weighted by Crippen LogP contribution is 2.27. The van der Waals surface area contributed by atoms with Gasteiger partial charge >= 0.3 is 0 Å². The van der Waals surface area contributed by atoms with E-state index in [1.54, 1.807) is 42.5 Å². The van der Waals surface area contributed by atoms with Crippen LogP contribution in [0.2, 0.25) is 5.02 Å². The molecule has 0 bridgehead atoms. The van der Waals surface area contributed by atoms with Crippen LogP contribution in [0.25, 0.3) is 0 Å². The highest BCUT2D eigenvalue weighted by atomic mass is 35.5. The summed E-state index contributed by atoms with van der Waals surface area (Å²) < 4.78 is 29.4. The molecule has 9 heteroatoms. The molecule has 0 aromatic heterocycles. The zero-order chi connectivity index (χ0) is 31.1. The third-order valence-electron chi connectivity index (χ3n) is 7.14. The van der Waals surface area contributed by atoms with Gasteiger partial charge in [-0.15, -0.1) is 0 Å². The van der Waals surface area contributed by atoms with Crippen LogP contribution in [0.5, 0.6) is 0 Å². The van der Waals surface area contributed by atoms with Crippen molar-refractivity contribution < 1.29 is 18.0 Å². The molecule has 4 aromatic rings. The van der Waals surface area contributed by atoms with Crippen LogP contribution in [0.1, 0.15) is 27.8 Å². The molecule has 4 aromatic carbocycles. The van der Waals surface area contributed by atoms with Crippen LogP contribution in [0.3, 0.4) is 0 Å². The van der Waals surface area contributed by atoms with E-state index in [-0.39, 0.29) is 23.8 Å². The molecule has 0 aliphatic carbocycles. The monoisotopic (exact) mass is 617 g/mol. The molecule has 4 rings (SSSR count). The first-order chi connectivity index (χ1) is 20.5. The second-order valence-corrected chi connectivity index (χ2v) is 12.9. The Bertz CT molecular complexity index is 1670. The van der Waals surface area contributed by atoms with E-state index in [0.29, 0.717) is 16.3 Å². The number of likely N-dealkylation sites (N-methyl/N-ethyl adjacent to an activating group) is 1. The van der Waals surface area contributed by atoms with Gasteiger partial charge in [0.15, 0.2) is 0 Å². The number of rotatable bonds is 11. The van der Waals surface area contributed by atoms with Gasteiger partial charge in [-0.3, -0.25) is 13.9 Å². The fraction of sp³-hybridized carbons (Fsp3) is 0.235. The summed E-state index contributed by atoms with van der Waals surface area (Å²) in [5.74, 6) is -0.891. The van der Waals surface area contributed by atoms with Crippen LogP contribution in [0.4, 0.5) is 5.69 Å². The van der Waals surface area contributed by atoms with E-state index in [1.807, 2.05) is 63.2 Å². The smallest absolute Gasteiger partial charge is 0.264 e. The number of anilines is 1. The molecule has 0 aliphatic rings. The minimum absolute atomic E-state index is 0.0512. The van der Waals surface area contributed by atoms with Crippen LogP contribution < -0.4 is 9.62 Å². The van der Waals surface area contributed by atoms with Gasteiger partial charge in [0.25, 0.3) is 10.0 Å². The Morgan fingerprint density at radius 2 is 1.42 bits per heavy atom. The minimum atomic E-state index is -4.16. The van der Waals surface area contributed by atoms with Crippen molar-refractivity contribution in [1.29, 1.82) is 0 Å². The number of benzene rings is 4. The summed E-state index contributed by atoms with van der Waals surface area (Å²) in [5, 5.41) is 3.18. The van der Waals surface area contributed by atoms with Crippen molar-refractivity contribution in [2.75, 3.05) is 17.9 Å². The summed E-state index contributed by atoms with van der Waals surface area (Å²) in [6, 6.07) is 27.5. The molecule has 2 amide bonds. The number of aryl methyl sites for hydroxylation is 3. The summed E-state index contributed by atoms with van der Waals surface area (Å²) >= 11 is 6.27. The fourth-order valence-electron chi connectivity index (χ4n) is 5.01. The predicted octanol–water partition coefficient (Wildman–Crippen LogP) is 5.85. The van der Waals surface area contributed by atoms with Crippen molar-refractivity contribution in [3.8, 4) is 0 Å². The predicted molar refractivity (Wildman–Crippen MR) is 172 cm³/mol. The normalized spacial score (nSPS) is 11.9. The van der Waals surface area contributed by atoms with Gasteiger partial charge in [0, 0.05) is 25.0 Å². The van der Waals surface area contributed by atoms with Gasteiger partial charge in [-0.05, 0) is 79.4 Å². The van der Waals surface area contributed by atoms with Gasteiger partial charge in [-0.25, -0.2) is 8.42 Å². The highest BCUT2D eigenvalue weighted by molar-refractivity contribution is 7.92.